The summed E-state index contributed by atoms with van der Waals surface area (Å²) < 4.78 is 16.7. The Morgan fingerprint density at radius 3 is 1.01 bits per heavy atom. The lowest BCUT2D eigenvalue weighted by molar-refractivity contribution is -0.166. The molecule has 0 aromatic carbocycles. The minimum Gasteiger partial charge on any atom is -0.462 e. The maximum absolute atomic E-state index is 12.8. The van der Waals surface area contributed by atoms with E-state index in [1.54, 1.807) is 0 Å². The van der Waals surface area contributed by atoms with Crippen molar-refractivity contribution in [3.63, 3.8) is 0 Å². The normalized spacial score (nSPS) is 13.2. The van der Waals surface area contributed by atoms with E-state index in [1.807, 2.05) is 12.2 Å². The smallest absolute Gasteiger partial charge is 0.306 e. The zero-order valence-corrected chi connectivity index (χ0v) is 42.9. The van der Waals surface area contributed by atoms with Crippen LogP contribution in [-0.2, 0) is 28.6 Å². The molecule has 1 unspecified atom stereocenters. The first kappa shape index (κ1) is 62.5. The zero-order chi connectivity index (χ0) is 48.6. The van der Waals surface area contributed by atoms with Crippen LogP contribution in [0.4, 0.5) is 0 Å². The van der Waals surface area contributed by atoms with Gasteiger partial charge in [-0.25, -0.2) is 0 Å². The molecule has 0 aromatic rings. The van der Waals surface area contributed by atoms with Crippen LogP contribution in [0, 0.1) is 0 Å². The third-order valence-electron chi connectivity index (χ3n) is 10.6. The molecule has 0 spiro atoms. The van der Waals surface area contributed by atoms with Crippen molar-refractivity contribution in [3.8, 4) is 0 Å². The van der Waals surface area contributed by atoms with Gasteiger partial charge < -0.3 is 14.2 Å². The summed E-state index contributed by atoms with van der Waals surface area (Å²) in [6.07, 6.45) is 75.9. The zero-order valence-electron chi connectivity index (χ0n) is 42.9. The fraction of sp³-hybridized carbons (Fsp3) is 0.590. The van der Waals surface area contributed by atoms with Crippen molar-refractivity contribution >= 4 is 17.9 Å². The maximum Gasteiger partial charge on any atom is 0.306 e. The first-order valence-corrected chi connectivity index (χ1v) is 26.7. The number of hydrogen-bond acceptors (Lipinski definition) is 6. The van der Waals surface area contributed by atoms with E-state index in [-0.39, 0.29) is 44.0 Å². The van der Waals surface area contributed by atoms with Gasteiger partial charge in [0.25, 0.3) is 0 Å². The van der Waals surface area contributed by atoms with Crippen LogP contribution in [0.1, 0.15) is 213 Å². The highest BCUT2D eigenvalue weighted by Crippen LogP contribution is 2.12. The fourth-order valence-corrected chi connectivity index (χ4v) is 6.69. The summed E-state index contributed by atoms with van der Waals surface area (Å²) in [5.74, 6) is -1.05. The molecule has 0 amide bonds. The van der Waals surface area contributed by atoms with E-state index in [9.17, 15) is 14.4 Å². The van der Waals surface area contributed by atoms with Crippen molar-refractivity contribution in [3.05, 3.63) is 134 Å². The van der Waals surface area contributed by atoms with Crippen LogP contribution in [-0.4, -0.2) is 37.2 Å². The SMILES string of the molecule is CC/C=C\C/C=C\C/C=C\C/C=C\C/C=C\C/C=C\CCC(=O)OCC(COC(=O)CCCCCCC/C=C\CCCCCC)OC(=O)CCCCCC/C=C\C/C=C\C/C=C\C/C=C\CC. The Morgan fingerprint density at radius 2 is 0.612 bits per heavy atom. The van der Waals surface area contributed by atoms with Crippen LogP contribution in [0.5, 0.6) is 0 Å². The molecule has 0 bridgehead atoms. The molecule has 0 aliphatic rings. The van der Waals surface area contributed by atoms with E-state index < -0.39 is 6.10 Å². The minimum atomic E-state index is -0.830. The van der Waals surface area contributed by atoms with Gasteiger partial charge >= 0.3 is 17.9 Å². The van der Waals surface area contributed by atoms with Crippen molar-refractivity contribution in [2.24, 2.45) is 0 Å². The van der Waals surface area contributed by atoms with Gasteiger partial charge in [-0.05, 0) is 122 Å². The van der Waals surface area contributed by atoms with Crippen molar-refractivity contribution in [1.29, 1.82) is 0 Å². The maximum atomic E-state index is 12.8. The van der Waals surface area contributed by atoms with Gasteiger partial charge in [-0.2, -0.15) is 0 Å². The molecule has 0 rings (SSSR count). The van der Waals surface area contributed by atoms with Crippen molar-refractivity contribution < 1.29 is 28.6 Å². The topological polar surface area (TPSA) is 78.9 Å². The highest BCUT2D eigenvalue weighted by molar-refractivity contribution is 5.71. The van der Waals surface area contributed by atoms with Crippen LogP contribution in [0.15, 0.2) is 134 Å². The third kappa shape index (κ3) is 52.4. The third-order valence-corrected chi connectivity index (χ3v) is 10.6. The summed E-state index contributed by atoms with van der Waals surface area (Å²) in [6, 6.07) is 0. The second kappa shape index (κ2) is 54.2. The van der Waals surface area contributed by atoms with E-state index in [0.717, 1.165) is 128 Å². The van der Waals surface area contributed by atoms with E-state index in [4.69, 9.17) is 14.2 Å². The molecule has 1 atom stereocenters. The first-order valence-electron chi connectivity index (χ1n) is 26.7. The number of allylic oxidation sites excluding steroid dienone is 22. The average Bonchev–Trinajstić information content (AvgIpc) is 3.33. The first-order chi connectivity index (χ1) is 33.0. The standard InChI is InChI=1S/C61H96O6/c1-4-7-10-13-16-19-22-25-27-29-30-32-33-36-39-42-45-48-51-54-60(63)66-57-58(56-65-59(62)53-50-47-44-41-38-35-24-21-18-15-12-9-6-3)67-61(64)55-52-49-46-43-40-37-34-31-28-26-23-20-17-14-11-8-5-2/h7-8,10-11,16-17,19-21,24-28,30,32,34,36-37,39,45,48,58H,4-6,9,12-15,18,22-23,29,31,33,35,38,40-44,46-47,49-57H2,1-3H3/b10-7-,11-8-,19-16-,20-17-,24-21-,27-25-,28-26-,32-30-,37-34-,39-36-,48-45-. The molecule has 0 aromatic heterocycles. The quantitative estimate of drug-likeness (QED) is 0.0262. The van der Waals surface area contributed by atoms with Gasteiger partial charge in [0.1, 0.15) is 13.2 Å². The molecule has 0 aliphatic heterocycles. The van der Waals surface area contributed by atoms with E-state index in [0.29, 0.717) is 12.8 Å². The summed E-state index contributed by atoms with van der Waals surface area (Å²) in [7, 11) is 0. The van der Waals surface area contributed by atoms with E-state index in [2.05, 4.69) is 142 Å². The highest BCUT2D eigenvalue weighted by Gasteiger charge is 2.19. The summed E-state index contributed by atoms with van der Waals surface area (Å²) in [6.45, 7) is 6.28. The van der Waals surface area contributed by atoms with Crippen molar-refractivity contribution in [1.82, 2.24) is 0 Å². The molecule has 0 saturated carbocycles. The van der Waals surface area contributed by atoms with Crippen LogP contribution >= 0.6 is 0 Å². The second-order valence-electron chi connectivity index (χ2n) is 17.0. The second-order valence-corrected chi connectivity index (χ2v) is 17.0. The molecule has 67 heavy (non-hydrogen) atoms. The lowest BCUT2D eigenvalue weighted by Gasteiger charge is -2.18. The lowest BCUT2D eigenvalue weighted by atomic mass is 10.1. The predicted octanol–water partition coefficient (Wildman–Crippen LogP) is 17.9. The van der Waals surface area contributed by atoms with E-state index in [1.165, 1.54) is 38.5 Å². The molecule has 6 nitrogen and oxygen atoms in total. The van der Waals surface area contributed by atoms with Gasteiger partial charge in [0.05, 0.1) is 0 Å². The number of carbonyl (C=O) groups excluding carboxylic acids is 3. The van der Waals surface area contributed by atoms with Crippen LogP contribution in [0.3, 0.4) is 0 Å². The predicted molar refractivity (Wildman–Crippen MR) is 288 cm³/mol. The summed E-state index contributed by atoms with van der Waals surface area (Å²) in [4.78, 5) is 38.0. The molecule has 0 heterocycles. The molecule has 376 valence electrons. The average molecular weight is 925 g/mol. The fourth-order valence-electron chi connectivity index (χ4n) is 6.69. The molecular formula is C61H96O6. The number of unbranched alkanes of at least 4 members (excludes halogenated alkanes) is 13. The number of rotatable bonds is 46. The molecular weight excluding hydrogens is 829 g/mol. The molecule has 0 N–H and O–H groups in total. The highest BCUT2D eigenvalue weighted by atomic mass is 16.6. The number of carbonyl (C=O) groups is 3. The summed E-state index contributed by atoms with van der Waals surface area (Å²) >= 11 is 0. The molecule has 0 fully saturated rings. The Labute approximate surface area is 411 Å². The number of ether oxygens (including phenoxy) is 3. The Bertz CT molecular complexity index is 1480. The van der Waals surface area contributed by atoms with Crippen LogP contribution < -0.4 is 0 Å². The Kier molecular flexibility index (Phi) is 50.6. The van der Waals surface area contributed by atoms with E-state index >= 15 is 0 Å². The Hall–Kier alpha value is -4.45. The summed E-state index contributed by atoms with van der Waals surface area (Å²) in [5.41, 5.74) is 0. The Balaban J connectivity index is 4.58. The van der Waals surface area contributed by atoms with Crippen molar-refractivity contribution in [2.45, 2.75) is 219 Å². The number of hydrogen-bond donors (Lipinski definition) is 0. The van der Waals surface area contributed by atoms with Gasteiger partial charge in [-0.1, -0.05) is 206 Å². The Morgan fingerprint density at radius 1 is 0.313 bits per heavy atom. The summed E-state index contributed by atoms with van der Waals surface area (Å²) in [5, 5.41) is 0. The van der Waals surface area contributed by atoms with Gasteiger partial charge in [0.15, 0.2) is 6.10 Å². The molecule has 0 saturated heterocycles. The molecule has 6 heteroatoms. The van der Waals surface area contributed by atoms with Gasteiger partial charge in [-0.15, -0.1) is 0 Å². The van der Waals surface area contributed by atoms with Crippen molar-refractivity contribution in [2.75, 3.05) is 13.2 Å². The van der Waals surface area contributed by atoms with Crippen LogP contribution in [0.25, 0.3) is 0 Å². The molecule has 0 radical (unpaired) electrons. The van der Waals surface area contributed by atoms with Gasteiger partial charge in [0, 0.05) is 19.3 Å². The van der Waals surface area contributed by atoms with Gasteiger partial charge in [0.2, 0.25) is 0 Å². The monoisotopic (exact) mass is 925 g/mol. The largest absolute Gasteiger partial charge is 0.462 e. The van der Waals surface area contributed by atoms with Crippen LogP contribution in [0.2, 0.25) is 0 Å². The lowest BCUT2D eigenvalue weighted by Crippen LogP contribution is -2.30. The van der Waals surface area contributed by atoms with Gasteiger partial charge in [-0.3, -0.25) is 14.4 Å². The number of esters is 3. The molecule has 0 aliphatic carbocycles. The minimum absolute atomic E-state index is 0.120.